The number of amides is 1. The third-order valence-electron chi connectivity index (χ3n) is 5.91. The summed E-state index contributed by atoms with van der Waals surface area (Å²) >= 11 is 0. The van der Waals surface area contributed by atoms with Gasteiger partial charge in [0.15, 0.2) is 0 Å². The molecule has 2 aromatic carbocycles. The molecule has 170 valence electrons. The Morgan fingerprint density at radius 3 is 2.65 bits per heavy atom. The predicted octanol–water partition coefficient (Wildman–Crippen LogP) is 3.11. The van der Waals surface area contributed by atoms with Crippen molar-refractivity contribution in [3.63, 3.8) is 0 Å². The molecule has 8 heteroatoms. The molecule has 1 atom stereocenters. The summed E-state index contributed by atoms with van der Waals surface area (Å²) in [6, 6.07) is 19.2. The molecular formula is C26H22N4O4. The lowest BCUT2D eigenvalue weighted by molar-refractivity contribution is 0.0952. The van der Waals surface area contributed by atoms with Gasteiger partial charge in [-0.3, -0.25) is 24.5 Å². The van der Waals surface area contributed by atoms with Crippen LogP contribution in [0.15, 0.2) is 82.6 Å². The van der Waals surface area contributed by atoms with Crippen LogP contribution < -0.4 is 21.3 Å². The molecule has 1 aliphatic heterocycles. The normalized spacial score (nSPS) is 12.7. The highest BCUT2D eigenvalue weighted by Crippen LogP contribution is 2.33. The highest BCUT2D eigenvalue weighted by molar-refractivity contribution is 5.94. The fourth-order valence-corrected chi connectivity index (χ4v) is 4.22. The molecule has 0 bridgehead atoms. The molecule has 0 fully saturated rings. The quantitative estimate of drug-likeness (QED) is 0.365. The fourth-order valence-electron chi connectivity index (χ4n) is 4.22. The summed E-state index contributed by atoms with van der Waals surface area (Å²) in [4.78, 5) is 45.4. The van der Waals surface area contributed by atoms with Gasteiger partial charge in [-0.05, 0) is 41.8 Å². The number of hydrogen-bond acceptors (Lipinski definition) is 5. The van der Waals surface area contributed by atoms with E-state index in [4.69, 9.17) is 4.74 Å². The number of rotatable bonds is 6. The molecule has 5 rings (SSSR count). The van der Waals surface area contributed by atoms with Gasteiger partial charge < -0.3 is 10.1 Å². The van der Waals surface area contributed by atoms with E-state index in [-0.39, 0.29) is 24.1 Å². The largest absolute Gasteiger partial charge is 0.440 e. The summed E-state index contributed by atoms with van der Waals surface area (Å²) in [5.74, 6) is 0.548. The Balaban J connectivity index is 1.29. The third-order valence-corrected chi connectivity index (χ3v) is 5.91. The SMILES string of the molecule is O=C(NCCC(c1ccccc1)c1cccnc1)c1ccc2c(c1)Cc1c([nH]c(=O)[nH]c1=O)O2. The zero-order valence-corrected chi connectivity index (χ0v) is 18.2. The maximum absolute atomic E-state index is 12.9. The average molecular weight is 454 g/mol. The van der Waals surface area contributed by atoms with Crippen molar-refractivity contribution in [1.82, 2.24) is 20.3 Å². The number of fused-ring (bicyclic) bond motifs is 2. The Labute approximate surface area is 194 Å². The standard InChI is InChI=1S/C26H22N4O4/c31-23(28-12-10-20(16-5-2-1-3-6-16)18-7-4-11-27-15-18)17-8-9-22-19(13-17)14-21-24(32)29-26(33)30-25(21)34-22/h1-9,11,13,15,20H,10,12,14H2,(H,28,31)(H2,29,30,32,33). The second-order valence-electron chi connectivity index (χ2n) is 8.11. The zero-order valence-electron chi connectivity index (χ0n) is 18.2. The summed E-state index contributed by atoms with van der Waals surface area (Å²) in [5, 5.41) is 3.00. The first-order valence-electron chi connectivity index (χ1n) is 11.0. The second-order valence-corrected chi connectivity index (χ2v) is 8.11. The van der Waals surface area contributed by atoms with Crippen LogP contribution in [-0.4, -0.2) is 27.4 Å². The minimum atomic E-state index is -0.622. The number of H-pyrrole nitrogens is 2. The number of carbonyl (C=O) groups is 1. The third kappa shape index (κ3) is 4.38. The van der Waals surface area contributed by atoms with Gasteiger partial charge in [0.05, 0.1) is 5.56 Å². The highest BCUT2D eigenvalue weighted by atomic mass is 16.5. The number of benzene rings is 2. The second kappa shape index (κ2) is 9.19. The van der Waals surface area contributed by atoms with E-state index in [1.807, 2.05) is 36.5 Å². The summed E-state index contributed by atoms with van der Waals surface area (Å²) in [6.45, 7) is 0.477. The van der Waals surface area contributed by atoms with Crippen LogP contribution in [-0.2, 0) is 6.42 Å². The first-order chi connectivity index (χ1) is 16.6. The molecule has 3 N–H and O–H groups in total. The number of nitrogens with zero attached hydrogens (tertiary/aromatic N) is 1. The van der Waals surface area contributed by atoms with Crippen LogP contribution in [0, 0.1) is 0 Å². The zero-order chi connectivity index (χ0) is 23.5. The van der Waals surface area contributed by atoms with E-state index in [1.54, 1.807) is 24.4 Å². The molecule has 0 radical (unpaired) electrons. The van der Waals surface area contributed by atoms with Gasteiger partial charge in [0, 0.05) is 42.4 Å². The van der Waals surface area contributed by atoms with Crippen molar-refractivity contribution in [2.75, 3.05) is 6.54 Å². The van der Waals surface area contributed by atoms with E-state index in [9.17, 15) is 14.4 Å². The number of nitrogens with one attached hydrogen (secondary N) is 3. The van der Waals surface area contributed by atoms with E-state index in [0.29, 0.717) is 35.4 Å². The molecule has 8 nitrogen and oxygen atoms in total. The molecule has 0 saturated carbocycles. The lowest BCUT2D eigenvalue weighted by Gasteiger charge is -2.20. The number of ether oxygens (including phenoxy) is 1. The summed E-state index contributed by atoms with van der Waals surface area (Å²) in [7, 11) is 0. The highest BCUT2D eigenvalue weighted by Gasteiger charge is 2.22. The lowest BCUT2D eigenvalue weighted by atomic mass is 9.89. The van der Waals surface area contributed by atoms with Crippen molar-refractivity contribution in [2.45, 2.75) is 18.8 Å². The molecule has 1 unspecified atom stereocenters. The van der Waals surface area contributed by atoms with Crippen LogP contribution >= 0.6 is 0 Å². The van der Waals surface area contributed by atoms with Crippen molar-refractivity contribution in [2.24, 2.45) is 0 Å². The van der Waals surface area contributed by atoms with Crippen LogP contribution in [0.3, 0.4) is 0 Å². The van der Waals surface area contributed by atoms with E-state index in [0.717, 1.165) is 11.1 Å². The van der Waals surface area contributed by atoms with E-state index < -0.39 is 11.2 Å². The average Bonchev–Trinajstić information content (AvgIpc) is 2.86. The van der Waals surface area contributed by atoms with Gasteiger partial charge in [0.25, 0.3) is 11.5 Å². The predicted molar refractivity (Wildman–Crippen MR) is 126 cm³/mol. The van der Waals surface area contributed by atoms with Crippen LogP contribution in [0.5, 0.6) is 11.6 Å². The molecule has 0 aliphatic carbocycles. The minimum Gasteiger partial charge on any atom is -0.440 e. The van der Waals surface area contributed by atoms with E-state index in [2.05, 4.69) is 32.4 Å². The van der Waals surface area contributed by atoms with Gasteiger partial charge in [0.2, 0.25) is 5.88 Å². The van der Waals surface area contributed by atoms with E-state index >= 15 is 0 Å². The van der Waals surface area contributed by atoms with Gasteiger partial charge in [-0.1, -0.05) is 36.4 Å². The Kier molecular flexibility index (Phi) is 5.78. The Morgan fingerprint density at radius 2 is 1.85 bits per heavy atom. The van der Waals surface area contributed by atoms with Crippen molar-refractivity contribution in [1.29, 1.82) is 0 Å². The summed E-state index contributed by atoms with van der Waals surface area (Å²) in [6.07, 6.45) is 4.58. The Morgan fingerprint density at radius 1 is 1.03 bits per heavy atom. The molecular weight excluding hydrogens is 432 g/mol. The smallest absolute Gasteiger partial charge is 0.328 e. The maximum atomic E-state index is 12.9. The van der Waals surface area contributed by atoms with Crippen LogP contribution in [0.2, 0.25) is 0 Å². The molecule has 1 aliphatic rings. The van der Waals surface area contributed by atoms with Crippen molar-refractivity contribution >= 4 is 5.91 Å². The summed E-state index contributed by atoms with van der Waals surface area (Å²) < 4.78 is 5.67. The lowest BCUT2D eigenvalue weighted by Crippen LogP contribution is -2.28. The number of pyridine rings is 1. The molecule has 2 aromatic heterocycles. The molecule has 0 saturated heterocycles. The molecule has 0 spiro atoms. The van der Waals surface area contributed by atoms with Gasteiger partial charge in [0.1, 0.15) is 5.75 Å². The van der Waals surface area contributed by atoms with Crippen LogP contribution in [0.25, 0.3) is 0 Å². The molecule has 34 heavy (non-hydrogen) atoms. The van der Waals surface area contributed by atoms with Gasteiger partial charge in [-0.25, -0.2) is 4.79 Å². The topological polar surface area (TPSA) is 117 Å². The number of aromatic amines is 2. The monoisotopic (exact) mass is 454 g/mol. The summed E-state index contributed by atoms with van der Waals surface area (Å²) in [5.41, 5.74) is 2.64. The number of hydrogen-bond donors (Lipinski definition) is 3. The first-order valence-corrected chi connectivity index (χ1v) is 11.0. The van der Waals surface area contributed by atoms with Gasteiger partial charge in [-0.2, -0.15) is 0 Å². The van der Waals surface area contributed by atoms with Gasteiger partial charge >= 0.3 is 5.69 Å². The van der Waals surface area contributed by atoms with Crippen molar-refractivity contribution in [3.8, 4) is 11.6 Å². The molecule has 3 heterocycles. The first kappa shape index (κ1) is 21.4. The Hall–Kier alpha value is -4.46. The van der Waals surface area contributed by atoms with Crippen LogP contribution in [0.4, 0.5) is 0 Å². The molecule has 4 aromatic rings. The minimum absolute atomic E-state index is 0.109. The Bertz CT molecular complexity index is 1410. The van der Waals surface area contributed by atoms with Crippen molar-refractivity contribution < 1.29 is 9.53 Å². The molecule has 1 amide bonds. The van der Waals surface area contributed by atoms with Crippen LogP contribution in [0.1, 0.15) is 45.0 Å². The van der Waals surface area contributed by atoms with E-state index in [1.165, 1.54) is 0 Å². The maximum Gasteiger partial charge on any atom is 0.328 e. The number of carbonyl (C=O) groups excluding carboxylic acids is 1. The number of aromatic nitrogens is 3. The fraction of sp³-hybridized carbons (Fsp3) is 0.154. The van der Waals surface area contributed by atoms with Crippen molar-refractivity contribution in [3.05, 3.63) is 122 Å². The van der Waals surface area contributed by atoms with Gasteiger partial charge in [-0.15, -0.1) is 0 Å².